The number of nitrogens with zero attached hydrogens (tertiary/aromatic N) is 4. The van der Waals surface area contributed by atoms with Gasteiger partial charge in [0, 0.05) is 31.9 Å². The molecule has 0 bridgehead atoms. The molecule has 0 unspecified atom stereocenters. The van der Waals surface area contributed by atoms with E-state index in [1.807, 2.05) is 30.8 Å². The fraction of sp³-hybridized carbons (Fsp3) is 0.786. The minimum absolute atomic E-state index is 0.363. The first-order valence-corrected chi connectivity index (χ1v) is 8.77. The summed E-state index contributed by atoms with van der Waals surface area (Å²) in [5.41, 5.74) is 0. The highest BCUT2D eigenvalue weighted by Gasteiger charge is 2.36. The van der Waals surface area contributed by atoms with Gasteiger partial charge in [0.25, 0.3) is 0 Å². The van der Waals surface area contributed by atoms with E-state index in [2.05, 4.69) is 38.8 Å². The monoisotopic (exact) mass is 310 g/mol. The maximum Gasteiger partial charge on any atom is 0.231 e. The van der Waals surface area contributed by atoms with Crippen LogP contribution in [-0.4, -0.2) is 53.1 Å². The zero-order valence-electron chi connectivity index (χ0n) is 13.4. The molecule has 1 aliphatic carbocycles. The van der Waals surface area contributed by atoms with Gasteiger partial charge in [0.05, 0.1) is 0 Å². The van der Waals surface area contributed by atoms with E-state index < -0.39 is 0 Å². The molecule has 1 fully saturated rings. The van der Waals surface area contributed by atoms with Gasteiger partial charge in [-0.05, 0) is 25.5 Å². The van der Waals surface area contributed by atoms with Crippen molar-refractivity contribution < 1.29 is 0 Å². The average Bonchev–Trinajstić information content (AvgIpc) is 2.44. The average molecular weight is 310 g/mol. The molecule has 0 aliphatic heterocycles. The van der Waals surface area contributed by atoms with Crippen LogP contribution in [0.5, 0.6) is 0 Å². The van der Waals surface area contributed by atoms with Gasteiger partial charge in [-0.25, -0.2) is 0 Å². The normalized spacial score (nSPS) is 16.2. The molecule has 0 amide bonds. The van der Waals surface area contributed by atoms with E-state index in [1.54, 1.807) is 0 Å². The zero-order chi connectivity index (χ0) is 15.3. The van der Waals surface area contributed by atoms with Gasteiger partial charge in [-0.15, -0.1) is 0 Å². The van der Waals surface area contributed by atoms with E-state index in [1.165, 1.54) is 19.3 Å². The summed E-state index contributed by atoms with van der Waals surface area (Å²) < 4.78 is 0.363. The Hall–Kier alpha value is -1.24. The molecule has 2 rings (SSSR count). The van der Waals surface area contributed by atoms with Crippen LogP contribution in [-0.2, 0) is 0 Å². The Labute approximate surface area is 131 Å². The minimum Gasteiger partial charge on any atom is -0.354 e. The second-order valence-corrected chi connectivity index (χ2v) is 6.97. The Balaban J connectivity index is 2.07. The highest BCUT2D eigenvalue weighted by Crippen LogP contribution is 2.42. The molecule has 1 heterocycles. The van der Waals surface area contributed by atoms with E-state index in [0.29, 0.717) is 22.6 Å². The summed E-state index contributed by atoms with van der Waals surface area (Å²) in [6.45, 7) is 3.91. The first kappa shape index (κ1) is 16.1. The standard InChI is InChI=1S/C14H26N6S/c1-5-9-15-11-17-12(19-13(18-11)20(2)3)16-10-14(21-4)7-6-8-14/h5-10H2,1-4H3,(H2,15,16,17,18,19). The zero-order valence-corrected chi connectivity index (χ0v) is 14.3. The maximum absolute atomic E-state index is 4.48. The molecule has 0 spiro atoms. The summed E-state index contributed by atoms with van der Waals surface area (Å²) in [5, 5.41) is 6.64. The molecule has 118 valence electrons. The molecule has 21 heavy (non-hydrogen) atoms. The van der Waals surface area contributed by atoms with E-state index in [4.69, 9.17) is 0 Å². The summed E-state index contributed by atoms with van der Waals surface area (Å²) >= 11 is 1.95. The quantitative estimate of drug-likeness (QED) is 0.764. The maximum atomic E-state index is 4.48. The van der Waals surface area contributed by atoms with Crippen molar-refractivity contribution in [2.24, 2.45) is 0 Å². The number of rotatable bonds is 8. The molecule has 0 saturated heterocycles. The molecule has 1 saturated carbocycles. The van der Waals surface area contributed by atoms with Crippen LogP contribution in [0.1, 0.15) is 32.6 Å². The van der Waals surface area contributed by atoms with Crippen LogP contribution in [0.2, 0.25) is 0 Å². The number of hydrogen-bond acceptors (Lipinski definition) is 7. The van der Waals surface area contributed by atoms with Crippen LogP contribution in [0.15, 0.2) is 0 Å². The van der Waals surface area contributed by atoms with Crippen molar-refractivity contribution in [3.8, 4) is 0 Å². The number of aromatic nitrogens is 3. The molecule has 1 aliphatic rings. The SMILES string of the molecule is CCCNc1nc(NCC2(SC)CCC2)nc(N(C)C)n1. The van der Waals surface area contributed by atoms with Gasteiger partial charge in [-0.1, -0.05) is 13.3 Å². The first-order valence-electron chi connectivity index (χ1n) is 7.55. The highest BCUT2D eigenvalue weighted by molar-refractivity contribution is 8.00. The third-order valence-electron chi connectivity index (χ3n) is 3.82. The molecule has 0 radical (unpaired) electrons. The Morgan fingerprint density at radius 2 is 1.81 bits per heavy atom. The second kappa shape index (κ2) is 7.15. The Morgan fingerprint density at radius 1 is 1.14 bits per heavy atom. The fourth-order valence-electron chi connectivity index (χ4n) is 2.22. The van der Waals surface area contributed by atoms with E-state index in [0.717, 1.165) is 19.5 Å². The van der Waals surface area contributed by atoms with Crippen LogP contribution < -0.4 is 15.5 Å². The molecule has 1 aromatic heterocycles. The Bertz CT molecular complexity index is 455. The van der Waals surface area contributed by atoms with Gasteiger partial charge in [0.15, 0.2) is 0 Å². The molecule has 0 atom stereocenters. The molecular formula is C14H26N6S. The number of anilines is 3. The van der Waals surface area contributed by atoms with E-state index >= 15 is 0 Å². The largest absolute Gasteiger partial charge is 0.354 e. The second-order valence-electron chi connectivity index (χ2n) is 5.70. The Morgan fingerprint density at radius 3 is 2.29 bits per heavy atom. The van der Waals surface area contributed by atoms with Crippen LogP contribution in [0, 0.1) is 0 Å². The van der Waals surface area contributed by atoms with Crippen LogP contribution >= 0.6 is 11.8 Å². The third-order valence-corrected chi connectivity index (χ3v) is 5.24. The van der Waals surface area contributed by atoms with Gasteiger partial charge in [-0.2, -0.15) is 26.7 Å². The lowest BCUT2D eigenvalue weighted by molar-refractivity contribution is 0.379. The van der Waals surface area contributed by atoms with Gasteiger partial charge in [0.2, 0.25) is 17.8 Å². The van der Waals surface area contributed by atoms with Crippen molar-refractivity contribution in [3.05, 3.63) is 0 Å². The van der Waals surface area contributed by atoms with E-state index in [9.17, 15) is 0 Å². The lowest BCUT2D eigenvalue weighted by atomic mass is 9.84. The fourth-order valence-corrected chi connectivity index (χ4v) is 3.14. The van der Waals surface area contributed by atoms with Crippen LogP contribution in [0.25, 0.3) is 0 Å². The predicted molar refractivity (Wildman–Crippen MR) is 91.5 cm³/mol. The molecule has 1 aromatic rings. The van der Waals surface area contributed by atoms with Crippen LogP contribution in [0.3, 0.4) is 0 Å². The summed E-state index contributed by atoms with van der Waals surface area (Å²) in [4.78, 5) is 15.3. The Kier molecular flexibility index (Phi) is 5.50. The number of hydrogen-bond donors (Lipinski definition) is 2. The van der Waals surface area contributed by atoms with Crippen molar-refractivity contribution in [2.75, 3.05) is 49.0 Å². The molecule has 2 N–H and O–H groups in total. The van der Waals surface area contributed by atoms with Gasteiger partial charge in [-0.3, -0.25) is 0 Å². The van der Waals surface area contributed by atoms with Crippen molar-refractivity contribution in [1.29, 1.82) is 0 Å². The molecule has 7 heteroatoms. The minimum atomic E-state index is 0.363. The van der Waals surface area contributed by atoms with Gasteiger partial charge >= 0.3 is 0 Å². The smallest absolute Gasteiger partial charge is 0.231 e. The first-order chi connectivity index (χ1) is 10.1. The van der Waals surface area contributed by atoms with Gasteiger partial charge < -0.3 is 15.5 Å². The van der Waals surface area contributed by atoms with Crippen molar-refractivity contribution in [3.63, 3.8) is 0 Å². The van der Waals surface area contributed by atoms with Crippen molar-refractivity contribution in [2.45, 2.75) is 37.4 Å². The van der Waals surface area contributed by atoms with Gasteiger partial charge in [0.1, 0.15) is 0 Å². The molecule has 6 nitrogen and oxygen atoms in total. The summed E-state index contributed by atoms with van der Waals surface area (Å²) in [6, 6.07) is 0. The molecule has 0 aromatic carbocycles. The lowest BCUT2D eigenvalue weighted by Crippen LogP contribution is -2.40. The predicted octanol–water partition coefficient (Wildman–Crippen LogP) is 2.46. The summed E-state index contributed by atoms with van der Waals surface area (Å²) in [5.74, 6) is 1.98. The topological polar surface area (TPSA) is 66.0 Å². The third kappa shape index (κ3) is 4.12. The van der Waals surface area contributed by atoms with Crippen LogP contribution in [0.4, 0.5) is 17.8 Å². The molecular weight excluding hydrogens is 284 g/mol. The number of nitrogens with one attached hydrogen (secondary N) is 2. The number of thioether (sulfide) groups is 1. The van der Waals surface area contributed by atoms with Crippen molar-refractivity contribution >= 4 is 29.6 Å². The highest BCUT2D eigenvalue weighted by atomic mass is 32.2. The van der Waals surface area contributed by atoms with Crippen molar-refractivity contribution in [1.82, 2.24) is 15.0 Å². The summed E-state index contributed by atoms with van der Waals surface area (Å²) in [7, 11) is 3.88. The van der Waals surface area contributed by atoms with E-state index in [-0.39, 0.29) is 0 Å². The lowest BCUT2D eigenvalue weighted by Gasteiger charge is -2.40. The summed E-state index contributed by atoms with van der Waals surface area (Å²) in [6.07, 6.45) is 7.10.